The van der Waals surface area contributed by atoms with Crippen LogP contribution >= 0.6 is 0 Å². The summed E-state index contributed by atoms with van der Waals surface area (Å²) < 4.78 is 14.5. The van der Waals surface area contributed by atoms with E-state index in [9.17, 15) is 4.39 Å². The van der Waals surface area contributed by atoms with Crippen molar-refractivity contribution in [3.63, 3.8) is 0 Å². The molecule has 3 aromatic rings. The van der Waals surface area contributed by atoms with E-state index in [-0.39, 0.29) is 5.56 Å². The number of aromatic amines is 1. The third-order valence-corrected chi connectivity index (χ3v) is 3.63. The second kappa shape index (κ2) is 5.43. The molecule has 2 heterocycles. The Kier molecular flexibility index (Phi) is 3.44. The van der Waals surface area contributed by atoms with E-state index < -0.39 is 5.82 Å². The second-order valence-corrected chi connectivity index (χ2v) is 5.20. The smallest absolute Gasteiger partial charge is 0.228 e. The van der Waals surface area contributed by atoms with E-state index in [1.54, 1.807) is 23.2 Å². The van der Waals surface area contributed by atoms with Gasteiger partial charge in [0, 0.05) is 43.0 Å². The van der Waals surface area contributed by atoms with Gasteiger partial charge in [0.15, 0.2) is 0 Å². The van der Waals surface area contributed by atoms with Crippen LogP contribution in [0, 0.1) is 23.7 Å². The highest BCUT2D eigenvalue weighted by atomic mass is 19.1. The Morgan fingerprint density at radius 1 is 1.35 bits per heavy atom. The molecule has 0 bridgehead atoms. The first kappa shape index (κ1) is 14.6. The number of hydrogen-bond donors (Lipinski definition) is 1. The molecule has 1 N–H and O–H groups in total. The highest BCUT2D eigenvalue weighted by molar-refractivity contribution is 6.06. The molecule has 0 aliphatic carbocycles. The van der Waals surface area contributed by atoms with Crippen LogP contribution in [0.15, 0.2) is 30.6 Å². The summed E-state index contributed by atoms with van der Waals surface area (Å²) in [6, 6.07) is 6.53. The number of fused-ring (bicyclic) bond motifs is 1. The zero-order valence-corrected chi connectivity index (χ0v) is 12.6. The number of nitrogens with zero attached hydrogens (tertiary/aromatic N) is 4. The lowest BCUT2D eigenvalue weighted by molar-refractivity contribution is 0.627. The Hall–Kier alpha value is -3.38. The van der Waals surface area contributed by atoms with Crippen LogP contribution in [0.1, 0.15) is 5.56 Å². The SMILES string of the molecule is [C-]#[N+]c1cnc2[nH]cc(-c3cccc(C#N)c3F)c2c1N(C)C. The van der Waals surface area contributed by atoms with Crippen LogP contribution in [-0.4, -0.2) is 24.1 Å². The van der Waals surface area contributed by atoms with Crippen LogP contribution in [0.5, 0.6) is 0 Å². The topological polar surface area (TPSA) is 60.1 Å². The number of nitrogens with one attached hydrogen (secondary N) is 1. The number of hydrogen-bond acceptors (Lipinski definition) is 3. The monoisotopic (exact) mass is 305 g/mol. The molecule has 6 heteroatoms. The number of rotatable bonds is 2. The summed E-state index contributed by atoms with van der Waals surface area (Å²) in [6.07, 6.45) is 3.14. The highest BCUT2D eigenvalue weighted by Crippen LogP contribution is 2.40. The Morgan fingerprint density at radius 2 is 2.13 bits per heavy atom. The van der Waals surface area contributed by atoms with Crippen molar-refractivity contribution in [3.8, 4) is 17.2 Å². The van der Waals surface area contributed by atoms with E-state index in [0.29, 0.717) is 33.5 Å². The van der Waals surface area contributed by atoms with Crippen molar-refractivity contribution in [2.75, 3.05) is 19.0 Å². The number of aromatic nitrogens is 2. The molecule has 0 saturated heterocycles. The molecule has 1 aromatic carbocycles. The second-order valence-electron chi connectivity index (χ2n) is 5.20. The largest absolute Gasteiger partial charge is 0.386 e. The molecule has 0 aliphatic rings. The Bertz CT molecular complexity index is 989. The molecule has 2 aromatic heterocycles. The molecule has 112 valence electrons. The predicted octanol–water partition coefficient (Wildman–Crippen LogP) is 3.86. The normalized spacial score (nSPS) is 10.3. The van der Waals surface area contributed by atoms with E-state index in [4.69, 9.17) is 11.8 Å². The Morgan fingerprint density at radius 3 is 2.78 bits per heavy atom. The van der Waals surface area contributed by atoms with Crippen LogP contribution in [0.3, 0.4) is 0 Å². The maximum Gasteiger partial charge on any atom is 0.228 e. The third-order valence-electron chi connectivity index (χ3n) is 3.63. The summed E-state index contributed by atoms with van der Waals surface area (Å²) in [5.41, 5.74) is 2.50. The average Bonchev–Trinajstić information content (AvgIpc) is 2.97. The van der Waals surface area contributed by atoms with E-state index in [2.05, 4.69) is 14.8 Å². The van der Waals surface area contributed by atoms with Gasteiger partial charge in [0.1, 0.15) is 17.5 Å². The molecule has 3 rings (SSSR count). The first-order valence-corrected chi connectivity index (χ1v) is 6.82. The van der Waals surface area contributed by atoms with E-state index in [1.807, 2.05) is 20.2 Å². The van der Waals surface area contributed by atoms with E-state index in [0.717, 1.165) is 0 Å². The van der Waals surface area contributed by atoms with Gasteiger partial charge in [0.05, 0.1) is 17.8 Å². The zero-order valence-electron chi connectivity index (χ0n) is 12.6. The van der Waals surface area contributed by atoms with Crippen molar-refractivity contribution in [2.24, 2.45) is 0 Å². The van der Waals surface area contributed by atoms with E-state index >= 15 is 0 Å². The molecule has 0 spiro atoms. The lowest BCUT2D eigenvalue weighted by atomic mass is 10.0. The fourth-order valence-corrected chi connectivity index (χ4v) is 2.64. The Balaban J connectivity index is 2.41. The van der Waals surface area contributed by atoms with Crippen LogP contribution < -0.4 is 4.90 Å². The number of H-pyrrole nitrogens is 1. The first-order valence-electron chi connectivity index (χ1n) is 6.82. The quantitative estimate of drug-likeness (QED) is 0.731. The van der Waals surface area contributed by atoms with Gasteiger partial charge in [0.25, 0.3) is 0 Å². The highest BCUT2D eigenvalue weighted by Gasteiger charge is 2.19. The predicted molar refractivity (Wildman–Crippen MR) is 86.8 cm³/mol. The van der Waals surface area contributed by atoms with Crippen molar-refractivity contribution in [1.29, 1.82) is 5.26 Å². The van der Waals surface area contributed by atoms with Crippen molar-refractivity contribution in [3.05, 3.63) is 53.4 Å². The molecule has 0 aliphatic heterocycles. The minimum absolute atomic E-state index is 0.0162. The van der Waals surface area contributed by atoms with Gasteiger partial charge >= 0.3 is 0 Å². The van der Waals surface area contributed by atoms with Gasteiger partial charge in [-0.1, -0.05) is 12.1 Å². The van der Waals surface area contributed by atoms with Crippen molar-refractivity contribution < 1.29 is 4.39 Å². The zero-order chi connectivity index (χ0) is 16.6. The maximum atomic E-state index is 14.5. The molecule has 5 nitrogen and oxygen atoms in total. The molecule has 23 heavy (non-hydrogen) atoms. The lowest BCUT2D eigenvalue weighted by Gasteiger charge is -2.17. The molecule has 0 fully saturated rings. The van der Waals surface area contributed by atoms with Crippen molar-refractivity contribution >= 4 is 22.4 Å². The molecular formula is C17H12FN5. The number of nitriles is 1. The molecule has 0 unspecified atom stereocenters. The maximum absolute atomic E-state index is 14.5. The average molecular weight is 305 g/mol. The molecular weight excluding hydrogens is 293 g/mol. The first-order chi connectivity index (χ1) is 11.1. The number of anilines is 1. The summed E-state index contributed by atoms with van der Waals surface area (Å²) in [7, 11) is 3.64. The van der Waals surface area contributed by atoms with Gasteiger partial charge in [-0.2, -0.15) is 5.26 Å². The van der Waals surface area contributed by atoms with Crippen molar-refractivity contribution in [2.45, 2.75) is 0 Å². The van der Waals surface area contributed by atoms with Crippen LogP contribution in [0.4, 0.5) is 15.8 Å². The minimum Gasteiger partial charge on any atom is -0.386 e. The van der Waals surface area contributed by atoms with Crippen molar-refractivity contribution in [1.82, 2.24) is 9.97 Å². The summed E-state index contributed by atoms with van der Waals surface area (Å²) in [5, 5.41) is 9.68. The van der Waals surface area contributed by atoms with Gasteiger partial charge in [0.2, 0.25) is 5.69 Å². The molecule has 0 amide bonds. The van der Waals surface area contributed by atoms with Crippen LogP contribution in [-0.2, 0) is 0 Å². The van der Waals surface area contributed by atoms with Crippen LogP contribution in [0.25, 0.3) is 27.0 Å². The fourth-order valence-electron chi connectivity index (χ4n) is 2.64. The Labute approximate surface area is 132 Å². The number of halogens is 1. The summed E-state index contributed by atoms with van der Waals surface area (Å²) in [4.78, 5) is 12.5. The standard InChI is InChI=1S/C17H12FN5/c1-20-13-9-22-17-14(16(13)23(2)3)12(8-21-17)11-6-4-5-10(7-19)15(11)18/h4-6,8-9H,2-3H3,(H,21,22). The lowest BCUT2D eigenvalue weighted by Crippen LogP contribution is -2.09. The number of benzene rings is 1. The van der Waals surface area contributed by atoms with Gasteiger partial charge in [-0.15, -0.1) is 0 Å². The van der Waals surface area contributed by atoms with Crippen LogP contribution in [0.2, 0.25) is 0 Å². The minimum atomic E-state index is -0.575. The number of pyridine rings is 1. The van der Waals surface area contributed by atoms with Gasteiger partial charge in [-0.25, -0.2) is 14.2 Å². The summed E-state index contributed by atoms with van der Waals surface area (Å²) >= 11 is 0. The molecule has 0 atom stereocenters. The molecule has 0 saturated carbocycles. The summed E-state index contributed by atoms with van der Waals surface area (Å²) in [5.74, 6) is -0.575. The van der Waals surface area contributed by atoms with Gasteiger partial charge in [-0.3, -0.25) is 0 Å². The van der Waals surface area contributed by atoms with Gasteiger partial charge in [-0.05, 0) is 6.07 Å². The molecule has 0 radical (unpaired) electrons. The fraction of sp³-hybridized carbons (Fsp3) is 0.118. The van der Waals surface area contributed by atoms with Gasteiger partial charge < -0.3 is 9.88 Å². The summed E-state index contributed by atoms with van der Waals surface area (Å²) in [6.45, 7) is 7.32. The van der Waals surface area contributed by atoms with E-state index in [1.165, 1.54) is 12.3 Å². The third kappa shape index (κ3) is 2.18.